The molecule has 0 bridgehead atoms. The highest BCUT2D eigenvalue weighted by Crippen LogP contribution is 2.23. The van der Waals surface area contributed by atoms with Gasteiger partial charge in [0.25, 0.3) is 10.2 Å². The van der Waals surface area contributed by atoms with E-state index >= 15 is 0 Å². The van der Waals surface area contributed by atoms with Crippen LogP contribution in [0.3, 0.4) is 0 Å². The fourth-order valence-corrected chi connectivity index (χ4v) is 4.11. The molecule has 1 saturated heterocycles. The first-order chi connectivity index (χ1) is 9.53. The Morgan fingerprint density at radius 3 is 2.70 bits per heavy atom. The molecule has 0 spiro atoms. The fourth-order valence-electron chi connectivity index (χ4n) is 2.54. The first-order valence-electron chi connectivity index (χ1n) is 7.04. The highest BCUT2D eigenvalue weighted by molar-refractivity contribution is 7.87. The summed E-state index contributed by atoms with van der Waals surface area (Å²) in [6, 6.07) is 6.24. The molecule has 0 aromatic heterocycles. The van der Waals surface area contributed by atoms with Gasteiger partial charge in [-0.2, -0.15) is 12.7 Å². The number of hydrogen-bond donors (Lipinski definition) is 1. The maximum atomic E-state index is 12.9. The van der Waals surface area contributed by atoms with E-state index < -0.39 is 10.2 Å². The molecule has 1 aliphatic heterocycles. The standard InChI is InChI=1S/C14H21FN2O2S/c1-2-9-16-20(18,19)17-10-3-4-14(17)11-12-5-7-13(15)8-6-12/h5-8,14,16H,2-4,9-11H2,1H3. The van der Waals surface area contributed by atoms with Crippen molar-refractivity contribution in [2.24, 2.45) is 0 Å². The van der Waals surface area contributed by atoms with Gasteiger partial charge in [-0.15, -0.1) is 0 Å². The Hall–Kier alpha value is -0.980. The van der Waals surface area contributed by atoms with Gasteiger partial charge in [0.2, 0.25) is 0 Å². The molecule has 0 radical (unpaired) electrons. The minimum absolute atomic E-state index is 0.0326. The SMILES string of the molecule is CCCNS(=O)(=O)N1CCCC1Cc1ccc(F)cc1. The average molecular weight is 300 g/mol. The second kappa shape index (κ2) is 6.65. The molecule has 1 aromatic rings. The van der Waals surface area contributed by atoms with E-state index in [9.17, 15) is 12.8 Å². The second-order valence-electron chi connectivity index (χ2n) is 5.14. The van der Waals surface area contributed by atoms with Crippen LogP contribution in [0.4, 0.5) is 4.39 Å². The number of halogens is 1. The van der Waals surface area contributed by atoms with Crippen LogP contribution in [-0.2, 0) is 16.6 Å². The summed E-state index contributed by atoms with van der Waals surface area (Å²) in [5.74, 6) is -0.269. The lowest BCUT2D eigenvalue weighted by atomic mass is 10.0. The van der Waals surface area contributed by atoms with Gasteiger partial charge in [-0.25, -0.2) is 9.11 Å². The van der Waals surface area contributed by atoms with Gasteiger partial charge in [-0.05, 0) is 43.4 Å². The molecule has 1 fully saturated rings. The first-order valence-corrected chi connectivity index (χ1v) is 8.48. The number of hydrogen-bond acceptors (Lipinski definition) is 2. The van der Waals surface area contributed by atoms with Gasteiger partial charge in [-0.3, -0.25) is 0 Å². The van der Waals surface area contributed by atoms with Crippen molar-refractivity contribution in [3.8, 4) is 0 Å². The van der Waals surface area contributed by atoms with Crippen molar-refractivity contribution in [2.45, 2.75) is 38.6 Å². The first kappa shape index (κ1) is 15.4. The Morgan fingerprint density at radius 2 is 2.05 bits per heavy atom. The molecule has 0 saturated carbocycles. The summed E-state index contributed by atoms with van der Waals surface area (Å²) in [6.07, 6.45) is 3.13. The van der Waals surface area contributed by atoms with E-state index in [1.54, 1.807) is 16.4 Å². The number of benzene rings is 1. The molecule has 0 amide bonds. The fraction of sp³-hybridized carbons (Fsp3) is 0.571. The molecule has 1 atom stereocenters. The van der Waals surface area contributed by atoms with Gasteiger partial charge < -0.3 is 0 Å². The maximum Gasteiger partial charge on any atom is 0.279 e. The summed E-state index contributed by atoms with van der Waals surface area (Å²) in [5.41, 5.74) is 0.967. The zero-order valence-electron chi connectivity index (χ0n) is 11.7. The highest BCUT2D eigenvalue weighted by Gasteiger charge is 2.33. The Kier molecular flexibility index (Phi) is 5.12. The summed E-state index contributed by atoms with van der Waals surface area (Å²) in [6.45, 7) is 2.95. The number of nitrogens with zero attached hydrogens (tertiary/aromatic N) is 1. The lowest BCUT2D eigenvalue weighted by Crippen LogP contribution is -2.44. The zero-order chi connectivity index (χ0) is 14.6. The summed E-state index contributed by atoms with van der Waals surface area (Å²) in [4.78, 5) is 0. The third-order valence-corrected chi connectivity index (χ3v) is 5.22. The van der Waals surface area contributed by atoms with E-state index in [0.717, 1.165) is 24.8 Å². The van der Waals surface area contributed by atoms with Gasteiger partial charge in [-0.1, -0.05) is 19.1 Å². The van der Waals surface area contributed by atoms with Crippen LogP contribution in [0.25, 0.3) is 0 Å². The van der Waals surface area contributed by atoms with Crippen molar-refractivity contribution in [1.29, 1.82) is 0 Å². The normalized spacial score (nSPS) is 20.4. The van der Waals surface area contributed by atoms with Crippen molar-refractivity contribution < 1.29 is 12.8 Å². The van der Waals surface area contributed by atoms with Gasteiger partial charge in [0, 0.05) is 19.1 Å². The topological polar surface area (TPSA) is 49.4 Å². The monoisotopic (exact) mass is 300 g/mol. The van der Waals surface area contributed by atoms with Crippen LogP contribution < -0.4 is 4.72 Å². The van der Waals surface area contributed by atoms with Crippen LogP contribution in [0.5, 0.6) is 0 Å². The second-order valence-corrected chi connectivity index (χ2v) is 6.84. The molecule has 2 rings (SSSR count). The lowest BCUT2D eigenvalue weighted by Gasteiger charge is -2.24. The van der Waals surface area contributed by atoms with Gasteiger partial charge in [0.15, 0.2) is 0 Å². The quantitative estimate of drug-likeness (QED) is 0.874. The molecule has 6 heteroatoms. The Morgan fingerprint density at radius 1 is 1.35 bits per heavy atom. The highest BCUT2D eigenvalue weighted by atomic mass is 32.2. The summed E-state index contributed by atoms with van der Waals surface area (Å²) in [7, 11) is -3.39. The van der Waals surface area contributed by atoms with E-state index in [0.29, 0.717) is 19.5 Å². The van der Waals surface area contributed by atoms with Crippen molar-refractivity contribution in [3.63, 3.8) is 0 Å². The van der Waals surface area contributed by atoms with Crippen LogP contribution in [0.15, 0.2) is 24.3 Å². The van der Waals surface area contributed by atoms with E-state index in [1.807, 2.05) is 6.92 Å². The molecule has 1 heterocycles. The van der Waals surface area contributed by atoms with Gasteiger partial charge >= 0.3 is 0 Å². The Labute approximate surface area is 120 Å². The van der Waals surface area contributed by atoms with E-state index in [-0.39, 0.29) is 11.9 Å². The molecule has 4 nitrogen and oxygen atoms in total. The largest absolute Gasteiger partial charge is 0.279 e. The van der Waals surface area contributed by atoms with Crippen molar-refractivity contribution in [1.82, 2.24) is 9.03 Å². The molecule has 1 aliphatic rings. The predicted molar refractivity (Wildman–Crippen MR) is 77.0 cm³/mol. The van der Waals surface area contributed by atoms with Gasteiger partial charge in [0.05, 0.1) is 0 Å². The number of rotatable bonds is 6. The lowest BCUT2D eigenvalue weighted by molar-refractivity contribution is 0.379. The van der Waals surface area contributed by atoms with Crippen LogP contribution in [0, 0.1) is 5.82 Å². The molecule has 1 N–H and O–H groups in total. The summed E-state index contributed by atoms with van der Waals surface area (Å²) < 4.78 is 41.5. The Balaban J connectivity index is 2.05. The minimum atomic E-state index is -3.39. The van der Waals surface area contributed by atoms with Crippen molar-refractivity contribution >= 4 is 10.2 Å². The predicted octanol–water partition coefficient (Wildman–Crippen LogP) is 2.08. The Bertz CT molecular complexity index is 531. The third-order valence-electron chi connectivity index (χ3n) is 3.55. The van der Waals surface area contributed by atoms with E-state index in [2.05, 4.69) is 4.72 Å². The molecular weight excluding hydrogens is 279 g/mol. The maximum absolute atomic E-state index is 12.9. The molecule has 1 unspecified atom stereocenters. The third kappa shape index (κ3) is 3.77. The average Bonchev–Trinajstić information content (AvgIpc) is 2.88. The van der Waals surface area contributed by atoms with Crippen LogP contribution in [-0.4, -0.2) is 31.9 Å². The number of nitrogens with one attached hydrogen (secondary N) is 1. The van der Waals surface area contributed by atoms with E-state index in [4.69, 9.17) is 0 Å². The van der Waals surface area contributed by atoms with Crippen LogP contribution in [0.2, 0.25) is 0 Å². The molecule has 112 valence electrons. The van der Waals surface area contributed by atoms with Crippen LogP contribution in [0.1, 0.15) is 31.7 Å². The van der Waals surface area contributed by atoms with E-state index in [1.165, 1.54) is 12.1 Å². The molecule has 1 aromatic carbocycles. The summed E-state index contributed by atoms with van der Waals surface area (Å²) >= 11 is 0. The zero-order valence-corrected chi connectivity index (χ0v) is 12.5. The van der Waals surface area contributed by atoms with Gasteiger partial charge in [0.1, 0.15) is 5.82 Å². The molecule has 0 aliphatic carbocycles. The molecular formula is C14H21FN2O2S. The van der Waals surface area contributed by atoms with Crippen molar-refractivity contribution in [2.75, 3.05) is 13.1 Å². The minimum Gasteiger partial charge on any atom is -0.207 e. The summed E-state index contributed by atoms with van der Waals surface area (Å²) in [5, 5.41) is 0. The van der Waals surface area contributed by atoms with Crippen molar-refractivity contribution in [3.05, 3.63) is 35.6 Å². The van der Waals surface area contributed by atoms with Crippen LogP contribution >= 0.6 is 0 Å². The molecule has 20 heavy (non-hydrogen) atoms. The smallest absolute Gasteiger partial charge is 0.207 e.